The summed E-state index contributed by atoms with van der Waals surface area (Å²) in [6.45, 7) is 6.90. The van der Waals surface area contributed by atoms with Gasteiger partial charge < -0.3 is 5.32 Å². The van der Waals surface area contributed by atoms with E-state index in [9.17, 15) is 0 Å². The van der Waals surface area contributed by atoms with Gasteiger partial charge in [-0.1, -0.05) is 55.5 Å². The van der Waals surface area contributed by atoms with Crippen molar-refractivity contribution in [3.63, 3.8) is 0 Å². The summed E-state index contributed by atoms with van der Waals surface area (Å²) < 4.78 is 0. The second-order valence-electron chi connectivity index (χ2n) is 8.88. The van der Waals surface area contributed by atoms with E-state index in [1.54, 1.807) is 16.7 Å². The van der Waals surface area contributed by atoms with Gasteiger partial charge in [0.05, 0.1) is 0 Å². The van der Waals surface area contributed by atoms with Crippen LogP contribution in [-0.4, -0.2) is 6.04 Å². The minimum atomic E-state index is 0.482. The average molecular weight is 386 g/mol. The first-order chi connectivity index (χ1) is 14.2. The number of hydrogen-bond acceptors (Lipinski definition) is 1. The lowest BCUT2D eigenvalue weighted by Gasteiger charge is -2.25. The molecule has 2 atom stereocenters. The normalized spacial score (nSPS) is 17.8. The van der Waals surface area contributed by atoms with E-state index in [1.807, 2.05) is 0 Å². The highest BCUT2D eigenvalue weighted by atomic mass is 14.9. The van der Waals surface area contributed by atoms with Crippen molar-refractivity contribution in [3.05, 3.63) is 82.4 Å². The number of aryl methyl sites for hydroxylation is 1. The fraction of sp³-hybridized carbons (Fsp3) is 0.429. The molecule has 1 fully saturated rings. The van der Waals surface area contributed by atoms with Crippen LogP contribution >= 0.6 is 0 Å². The summed E-state index contributed by atoms with van der Waals surface area (Å²) >= 11 is 0. The third-order valence-electron chi connectivity index (χ3n) is 6.86. The molecule has 0 saturated heterocycles. The quantitative estimate of drug-likeness (QED) is 0.514. The number of benzene rings is 2. The van der Waals surface area contributed by atoms with Gasteiger partial charge in [-0.15, -0.1) is 0 Å². The molecular formula is C28H35N. The van der Waals surface area contributed by atoms with Gasteiger partial charge in [0, 0.05) is 11.7 Å². The largest absolute Gasteiger partial charge is 0.382 e. The Morgan fingerprint density at radius 3 is 2.59 bits per heavy atom. The van der Waals surface area contributed by atoms with Crippen LogP contribution in [0.3, 0.4) is 0 Å². The zero-order chi connectivity index (χ0) is 20.2. The predicted molar refractivity (Wildman–Crippen MR) is 126 cm³/mol. The van der Waals surface area contributed by atoms with E-state index in [-0.39, 0.29) is 0 Å². The first kappa shape index (κ1) is 20.0. The highest BCUT2D eigenvalue weighted by Gasteiger charge is 2.27. The van der Waals surface area contributed by atoms with Gasteiger partial charge in [-0.2, -0.15) is 0 Å². The standard InChI is InChI=1S/C28H35N/c1-4-22(17-16-21(3)29-27-15-8-5-10-20(27)2)28-25-13-7-6-11-23(25)18-19-24-12-9-14-26(24)28/h5-8,10-11,13,15,19,21-22,29H,4,9,12,14,16-18H2,1-3H3. The lowest BCUT2D eigenvalue weighted by Crippen LogP contribution is -2.18. The topological polar surface area (TPSA) is 12.0 Å². The van der Waals surface area contributed by atoms with Crippen LogP contribution in [0, 0.1) is 12.8 Å². The molecule has 0 heterocycles. The lowest BCUT2D eigenvalue weighted by atomic mass is 9.81. The van der Waals surface area contributed by atoms with Crippen molar-refractivity contribution in [1.82, 2.24) is 0 Å². The molecule has 0 amide bonds. The SMILES string of the molecule is CCC(CCC(C)Nc1ccccc1C)C1=C2CCCC2=CCc2ccccc21. The molecule has 2 aliphatic carbocycles. The molecule has 1 heteroatoms. The number of para-hydroxylation sites is 1. The van der Waals surface area contributed by atoms with Gasteiger partial charge in [-0.05, 0) is 104 Å². The molecule has 0 aliphatic heterocycles. The molecule has 0 aromatic heterocycles. The van der Waals surface area contributed by atoms with E-state index < -0.39 is 0 Å². The summed E-state index contributed by atoms with van der Waals surface area (Å²) in [5.74, 6) is 0.645. The van der Waals surface area contributed by atoms with Crippen LogP contribution < -0.4 is 5.32 Å². The molecule has 2 aromatic rings. The summed E-state index contributed by atoms with van der Waals surface area (Å²) in [5.41, 5.74) is 10.6. The zero-order valence-electron chi connectivity index (χ0n) is 18.3. The zero-order valence-corrected chi connectivity index (χ0v) is 18.3. The molecular weight excluding hydrogens is 350 g/mol. The molecule has 1 saturated carbocycles. The molecule has 1 N–H and O–H groups in total. The number of nitrogens with one attached hydrogen (secondary N) is 1. The monoisotopic (exact) mass is 385 g/mol. The Kier molecular flexibility index (Phi) is 6.23. The Morgan fingerprint density at radius 1 is 0.966 bits per heavy atom. The molecule has 0 bridgehead atoms. The van der Waals surface area contributed by atoms with Gasteiger partial charge in [-0.25, -0.2) is 0 Å². The van der Waals surface area contributed by atoms with Crippen molar-refractivity contribution >= 4 is 11.3 Å². The van der Waals surface area contributed by atoms with Crippen LogP contribution in [0.2, 0.25) is 0 Å². The van der Waals surface area contributed by atoms with E-state index in [2.05, 4.69) is 80.7 Å². The average Bonchev–Trinajstić information content (AvgIpc) is 3.14. The highest BCUT2D eigenvalue weighted by Crippen LogP contribution is 2.45. The Labute approximate surface area is 176 Å². The van der Waals surface area contributed by atoms with Gasteiger partial charge >= 0.3 is 0 Å². The van der Waals surface area contributed by atoms with Crippen molar-refractivity contribution < 1.29 is 0 Å². The van der Waals surface area contributed by atoms with Crippen molar-refractivity contribution in [2.24, 2.45) is 5.92 Å². The molecule has 2 unspecified atom stereocenters. The number of fused-ring (bicyclic) bond motifs is 2. The maximum atomic E-state index is 3.74. The molecule has 2 aromatic carbocycles. The van der Waals surface area contributed by atoms with E-state index in [4.69, 9.17) is 0 Å². The van der Waals surface area contributed by atoms with E-state index in [0.717, 1.165) is 6.42 Å². The van der Waals surface area contributed by atoms with Crippen molar-refractivity contribution in [2.75, 3.05) is 5.32 Å². The Bertz CT molecular complexity index is 917. The number of rotatable bonds is 7. The smallest absolute Gasteiger partial charge is 0.0371 e. The van der Waals surface area contributed by atoms with Crippen molar-refractivity contribution in [1.29, 1.82) is 0 Å². The number of anilines is 1. The summed E-state index contributed by atoms with van der Waals surface area (Å²) in [5, 5.41) is 3.74. The van der Waals surface area contributed by atoms with Crippen molar-refractivity contribution in [3.8, 4) is 0 Å². The van der Waals surface area contributed by atoms with E-state index in [0.29, 0.717) is 12.0 Å². The van der Waals surface area contributed by atoms with Crippen LogP contribution in [0.5, 0.6) is 0 Å². The van der Waals surface area contributed by atoms with Crippen LogP contribution in [0.1, 0.15) is 69.1 Å². The second kappa shape index (κ2) is 9.03. The van der Waals surface area contributed by atoms with Crippen LogP contribution in [-0.2, 0) is 6.42 Å². The molecule has 29 heavy (non-hydrogen) atoms. The van der Waals surface area contributed by atoms with Gasteiger partial charge in [0.1, 0.15) is 0 Å². The molecule has 1 nitrogen and oxygen atoms in total. The lowest BCUT2D eigenvalue weighted by molar-refractivity contribution is 0.530. The molecule has 0 spiro atoms. The number of allylic oxidation sites excluding steroid dienone is 4. The highest BCUT2D eigenvalue weighted by molar-refractivity contribution is 5.78. The predicted octanol–water partition coefficient (Wildman–Crippen LogP) is 7.72. The molecule has 0 radical (unpaired) electrons. The first-order valence-electron chi connectivity index (χ1n) is 11.5. The van der Waals surface area contributed by atoms with Gasteiger partial charge in [0.2, 0.25) is 0 Å². The molecule has 152 valence electrons. The van der Waals surface area contributed by atoms with Gasteiger partial charge in [0.25, 0.3) is 0 Å². The summed E-state index contributed by atoms with van der Waals surface area (Å²) in [6, 6.07) is 18.3. The summed E-state index contributed by atoms with van der Waals surface area (Å²) in [4.78, 5) is 0. The fourth-order valence-electron chi connectivity index (χ4n) is 5.20. The second-order valence-corrected chi connectivity index (χ2v) is 8.88. The van der Waals surface area contributed by atoms with Crippen molar-refractivity contribution in [2.45, 2.75) is 71.8 Å². The number of hydrogen-bond donors (Lipinski definition) is 1. The van der Waals surface area contributed by atoms with Gasteiger partial charge in [0.15, 0.2) is 0 Å². The van der Waals surface area contributed by atoms with E-state index >= 15 is 0 Å². The minimum absolute atomic E-state index is 0.482. The third kappa shape index (κ3) is 4.34. The maximum Gasteiger partial charge on any atom is 0.0371 e. The molecule has 4 rings (SSSR count). The summed E-state index contributed by atoms with van der Waals surface area (Å²) in [6.07, 6.45) is 11.1. The molecule has 2 aliphatic rings. The van der Waals surface area contributed by atoms with Gasteiger partial charge in [-0.3, -0.25) is 0 Å². The van der Waals surface area contributed by atoms with Crippen LogP contribution in [0.4, 0.5) is 5.69 Å². The maximum absolute atomic E-state index is 3.74. The van der Waals surface area contributed by atoms with Crippen LogP contribution in [0.25, 0.3) is 5.57 Å². The minimum Gasteiger partial charge on any atom is -0.382 e. The summed E-state index contributed by atoms with van der Waals surface area (Å²) in [7, 11) is 0. The first-order valence-corrected chi connectivity index (χ1v) is 11.5. The fourth-order valence-corrected chi connectivity index (χ4v) is 5.20. The Morgan fingerprint density at radius 2 is 1.76 bits per heavy atom. The van der Waals surface area contributed by atoms with Crippen LogP contribution in [0.15, 0.2) is 65.8 Å². The Hall–Kier alpha value is -2.28. The third-order valence-corrected chi connectivity index (χ3v) is 6.86. The van der Waals surface area contributed by atoms with E-state index in [1.165, 1.54) is 60.9 Å². The Balaban J connectivity index is 1.55.